The van der Waals surface area contributed by atoms with Crippen molar-refractivity contribution in [2.75, 3.05) is 0 Å². The summed E-state index contributed by atoms with van der Waals surface area (Å²) in [5, 5.41) is 0. The van der Waals surface area contributed by atoms with Crippen LogP contribution in [0.3, 0.4) is 0 Å². The molecule has 4 heteroatoms. The van der Waals surface area contributed by atoms with Crippen LogP contribution in [0.4, 0.5) is 0 Å². The van der Waals surface area contributed by atoms with Gasteiger partial charge in [0.05, 0.1) is 6.10 Å². The minimum Gasteiger partial charge on any atom is -0.301 e. The van der Waals surface area contributed by atoms with Gasteiger partial charge >= 0.3 is 0 Å². The van der Waals surface area contributed by atoms with Gasteiger partial charge in [-0.15, -0.1) is 24.8 Å². The lowest BCUT2D eigenvalue weighted by molar-refractivity contribution is 0.00126. The zero-order valence-corrected chi connectivity index (χ0v) is 6.13. The van der Waals surface area contributed by atoms with E-state index < -0.39 is 0 Å². The topological polar surface area (TPSA) is 35.2 Å². The van der Waals surface area contributed by atoms with E-state index in [1.807, 2.05) is 0 Å². The van der Waals surface area contributed by atoms with Gasteiger partial charge in [-0.05, 0) is 19.3 Å². The van der Waals surface area contributed by atoms with Crippen molar-refractivity contribution in [2.45, 2.75) is 25.4 Å². The van der Waals surface area contributed by atoms with Crippen LogP contribution in [0.1, 0.15) is 19.3 Å². The van der Waals surface area contributed by atoms with E-state index in [2.05, 4.69) is 4.84 Å². The van der Waals surface area contributed by atoms with Gasteiger partial charge in [-0.3, -0.25) is 0 Å². The van der Waals surface area contributed by atoms with Crippen molar-refractivity contribution in [3.63, 3.8) is 0 Å². The molecule has 0 aromatic carbocycles. The fourth-order valence-electron chi connectivity index (χ4n) is 0.507. The van der Waals surface area contributed by atoms with Crippen LogP contribution in [-0.4, -0.2) is 6.10 Å². The first kappa shape index (κ1) is 11.3. The van der Waals surface area contributed by atoms with E-state index in [1.54, 1.807) is 0 Å². The van der Waals surface area contributed by atoms with Crippen molar-refractivity contribution in [3.8, 4) is 0 Å². The van der Waals surface area contributed by atoms with E-state index in [4.69, 9.17) is 5.90 Å². The standard InChI is InChI=1S/C4H9NO.2ClH/c5-6-4-2-1-3-4;;/h4H,1-3,5H2;2*1H. The predicted molar refractivity (Wildman–Crippen MR) is 37.4 cm³/mol. The van der Waals surface area contributed by atoms with Gasteiger partial charge in [0, 0.05) is 0 Å². The molecule has 1 aliphatic rings. The van der Waals surface area contributed by atoms with E-state index in [-0.39, 0.29) is 24.8 Å². The molecule has 2 N–H and O–H groups in total. The highest BCUT2D eigenvalue weighted by atomic mass is 35.5. The van der Waals surface area contributed by atoms with Gasteiger partial charge in [-0.1, -0.05) is 0 Å². The highest BCUT2D eigenvalue weighted by Crippen LogP contribution is 2.19. The largest absolute Gasteiger partial charge is 0.301 e. The molecular weight excluding hydrogens is 149 g/mol. The quantitative estimate of drug-likeness (QED) is 0.586. The summed E-state index contributed by atoms with van der Waals surface area (Å²) >= 11 is 0. The zero-order valence-electron chi connectivity index (χ0n) is 4.50. The summed E-state index contributed by atoms with van der Waals surface area (Å²) in [6, 6.07) is 0. The van der Waals surface area contributed by atoms with Crippen LogP contribution in [0.2, 0.25) is 0 Å². The number of hydrogen-bond donors (Lipinski definition) is 1. The third kappa shape index (κ3) is 2.72. The molecule has 2 nitrogen and oxygen atoms in total. The maximum absolute atomic E-state index is 4.83. The molecule has 8 heavy (non-hydrogen) atoms. The molecule has 0 aliphatic heterocycles. The normalized spacial score (nSPS) is 17.6. The predicted octanol–water partition coefficient (Wildman–Crippen LogP) is 1.27. The van der Waals surface area contributed by atoms with Gasteiger partial charge in [0.25, 0.3) is 0 Å². The molecule has 0 aromatic heterocycles. The van der Waals surface area contributed by atoms with E-state index in [9.17, 15) is 0 Å². The maximum atomic E-state index is 4.83. The molecule has 0 amide bonds. The number of rotatable bonds is 1. The van der Waals surface area contributed by atoms with E-state index in [0.717, 1.165) is 12.8 Å². The van der Waals surface area contributed by atoms with Crippen LogP contribution in [0.15, 0.2) is 0 Å². The number of nitrogens with two attached hydrogens (primary N) is 1. The highest BCUT2D eigenvalue weighted by Gasteiger charge is 2.15. The lowest BCUT2D eigenvalue weighted by Gasteiger charge is -2.21. The molecule has 0 atom stereocenters. The second-order valence-corrected chi connectivity index (χ2v) is 1.69. The Morgan fingerprint density at radius 3 is 1.75 bits per heavy atom. The van der Waals surface area contributed by atoms with Crippen LogP contribution in [0.5, 0.6) is 0 Å². The van der Waals surface area contributed by atoms with Gasteiger partial charge < -0.3 is 4.84 Å². The molecule has 1 aliphatic carbocycles. The molecule has 0 saturated heterocycles. The third-order valence-corrected chi connectivity index (χ3v) is 1.24. The SMILES string of the molecule is Cl.Cl.NOC1CCC1. The third-order valence-electron chi connectivity index (χ3n) is 1.24. The minimum absolute atomic E-state index is 0. The zero-order chi connectivity index (χ0) is 4.41. The summed E-state index contributed by atoms with van der Waals surface area (Å²) in [5.74, 6) is 4.83. The average Bonchev–Trinajstić information content (AvgIpc) is 1.31. The highest BCUT2D eigenvalue weighted by molar-refractivity contribution is 5.85. The molecule has 1 saturated carbocycles. The monoisotopic (exact) mass is 159 g/mol. The smallest absolute Gasteiger partial charge is 0.0787 e. The van der Waals surface area contributed by atoms with Crippen molar-refractivity contribution < 1.29 is 4.84 Å². The lowest BCUT2D eigenvalue weighted by Crippen LogP contribution is -2.24. The Morgan fingerprint density at radius 2 is 1.75 bits per heavy atom. The minimum atomic E-state index is 0. The van der Waals surface area contributed by atoms with Gasteiger partial charge in [0.15, 0.2) is 0 Å². The second kappa shape index (κ2) is 5.63. The fourth-order valence-corrected chi connectivity index (χ4v) is 0.507. The Balaban J connectivity index is 0. The van der Waals surface area contributed by atoms with Crippen LogP contribution < -0.4 is 5.90 Å². The summed E-state index contributed by atoms with van der Waals surface area (Å²) in [4.78, 5) is 4.49. The van der Waals surface area contributed by atoms with E-state index >= 15 is 0 Å². The Morgan fingerprint density at radius 1 is 1.25 bits per heavy atom. The maximum Gasteiger partial charge on any atom is 0.0787 e. The van der Waals surface area contributed by atoms with E-state index in [1.165, 1.54) is 6.42 Å². The molecule has 0 spiro atoms. The Hall–Kier alpha value is 0.500. The Bertz CT molecular complexity index is 46.5. The molecule has 0 aromatic rings. The van der Waals surface area contributed by atoms with Crippen LogP contribution >= 0.6 is 24.8 Å². The van der Waals surface area contributed by atoms with Gasteiger partial charge in [0.1, 0.15) is 0 Å². The lowest BCUT2D eigenvalue weighted by atomic mass is 9.97. The first-order chi connectivity index (χ1) is 2.93. The van der Waals surface area contributed by atoms with Crippen molar-refractivity contribution in [1.29, 1.82) is 0 Å². The summed E-state index contributed by atoms with van der Waals surface area (Å²) < 4.78 is 0. The summed E-state index contributed by atoms with van der Waals surface area (Å²) in [6.07, 6.45) is 4.01. The first-order valence-electron chi connectivity index (χ1n) is 2.29. The van der Waals surface area contributed by atoms with Crippen LogP contribution in [0, 0.1) is 0 Å². The van der Waals surface area contributed by atoms with Gasteiger partial charge in [-0.25, -0.2) is 5.90 Å². The summed E-state index contributed by atoms with van der Waals surface area (Å²) in [7, 11) is 0. The van der Waals surface area contributed by atoms with Crippen LogP contribution in [0.25, 0.3) is 0 Å². The Labute approximate surface area is 61.5 Å². The van der Waals surface area contributed by atoms with Crippen molar-refractivity contribution in [2.24, 2.45) is 5.90 Å². The average molecular weight is 160 g/mol. The first-order valence-corrected chi connectivity index (χ1v) is 2.29. The molecular formula is C4H11Cl2NO. The number of halogens is 2. The summed E-state index contributed by atoms with van der Waals surface area (Å²) in [6.45, 7) is 0. The molecule has 0 radical (unpaired) electrons. The van der Waals surface area contributed by atoms with Crippen molar-refractivity contribution in [1.82, 2.24) is 0 Å². The van der Waals surface area contributed by atoms with Gasteiger partial charge in [0.2, 0.25) is 0 Å². The molecule has 1 rings (SSSR count). The van der Waals surface area contributed by atoms with Gasteiger partial charge in [-0.2, -0.15) is 0 Å². The molecule has 52 valence electrons. The van der Waals surface area contributed by atoms with Crippen LogP contribution in [-0.2, 0) is 4.84 Å². The van der Waals surface area contributed by atoms with Crippen molar-refractivity contribution >= 4 is 24.8 Å². The molecule has 0 bridgehead atoms. The van der Waals surface area contributed by atoms with E-state index in [0.29, 0.717) is 6.10 Å². The number of hydrogen-bond acceptors (Lipinski definition) is 2. The molecule has 0 heterocycles. The second-order valence-electron chi connectivity index (χ2n) is 1.69. The fraction of sp³-hybridized carbons (Fsp3) is 1.00. The molecule has 1 fully saturated rings. The molecule has 0 unspecified atom stereocenters. The summed E-state index contributed by atoms with van der Waals surface area (Å²) in [5.41, 5.74) is 0. The van der Waals surface area contributed by atoms with Crippen molar-refractivity contribution in [3.05, 3.63) is 0 Å². The Kier molecular flexibility index (Phi) is 7.97.